The van der Waals surface area contributed by atoms with Crippen molar-refractivity contribution >= 4 is 5.91 Å². The van der Waals surface area contributed by atoms with E-state index in [1.807, 2.05) is 23.1 Å². The molecule has 1 saturated heterocycles. The van der Waals surface area contributed by atoms with Crippen LogP contribution in [0, 0.1) is 16.0 Å². The Hall–Kier alpha value is -3.55. The quantitative estimate of drug-likeness (QED) is 0.216. The van der Waals surface area contributed by atoms with Crippen LogP contribution >= 0.6 is 0 Å². The van der Waals surface area contributed by atoms with Gasteiger partial charge in [0.2, 0.25) is 11.9 Å². The molecule has 206 valence electrons. The Morgan fingerprint density at radius 1 is 0.846 bits per heavy atom. The van der Waals surface area contributed by atoms with Crippen molar-refractivity contribution in [2.24, 2.45) is 5.92 Å². The first-order chi connectivity index (χ1) is 18.8. The van der Waals surface area contributed by atoms with Crippen molar-refractivity contribution in [3.05, 3.63) is 118 Å². The maximum absolute atomic E-state index is 13.2. The lowest BCUT2D eigenvalue weighted by molar-refractivity contribution is -0.532. The van der Waals surface area contributed by atoms with Crippen molar-refractivity contribution in [2.45, 2.75) is 50.8 Å². The fraction of sp³-hybridized carbons (Fsp3) is 0.406. The zero-order valence-corrected chi connectivity index (χ0v) is 22.9. The van der Waals surface area contributed by atoms with Gasteiger partial charge in [0.15, 0.2) is 0 Å². The van der Waals surface area contributed by atoms with E-state index in [2.05, 4.69) is 77.7 Å². The number of benzene rings is 3. The molecule has 4 rings (SSSR count). The van der Waals surface area contributed by atoms with Gasteiger partial charge >= 0.3 is 0 Å². The topological polar surface area (TPSA) is 86.9 Å². The maximum Gasteiger partial charge on any atom is 0.222 e. The Kier molecular flexibility index (Phi) is 9.49. The predicted octanol–water partition coefficient (Wildman–Crippen LogP) is 4.96. The molecule has 3 aromatic rings. The standard InChI is InChI=1S/C32H39N3O4/c1-25(24-26(2)36)30(35(38)39)18-19-31(37)33-20-22-34(23-21-33)32(27-12-6-3-7-13-27,28-14-8-4-9-15-28)29-16-10-5-11-17-29/h3-17,25-26,30,36H,18-24H2,1-2H3. The zero-order valence-electron chi connectivity index (χ0n) is 22.9. The highest BCUT2D eigenvalue weighted by Gasteiger charge is 2.43. The molecule has 0 bridgehead atoms. The van der Waals surface area contributed by atoms with Crippen molar-refractivity contribution < 1.29 is 14.8 Å². The number of rotatable bonds is 11. The minimum atomic E-state index is -0.841. The Balaban J connectivity index is 1.55. The van der Waals surface area contributed by atoms with E-state index in [1.165, 1.54) is 16.7 Å². The summed E-state index contributed by atoms with van der Waals surface area (Å²) >= 11 is 0. The molecular weight excluding hydrogens is 490 g/mol. The van der Waals surface area contributed by atoms with Crippen molar-refractivity contribution in [1.82, 2.24) is 9.80 Å². The van der Waals surface area contributed by atoms with Crippen LogP contribution in [0.5, 0.6) is 0 Å². The molecule has 0 aromatic heterocycles. The lowest BCUT2D eigenvalue weighted by Gasteiger charge is -2.49. The minimum Gasteiger partial charge on any atom is -0.393 e. The molecule has 7 heteroatoms. The minimum absolute atomic E-state index is 0.0459. The first-order valence-electron chi connectivity index (χ1n) is 13.8. The largest absolute Gasteiger partial charge is 0.393 e. The molecule has 1 aliphatic rings. The van der Waals surface area contributed by atoms with Crippen LogP contribution in [0.25, 0.3) is 0 Å². The van der Waals surface area contributed by atoms with E-state index in [4.69, 9.17) is 0 Å². The lowest BCUT2D eigenvalue weighted by atomic mass is 9.75. The lowest BCUT2D eigenvalue weighted by Crippen LogP contribution is -2.57. The molecule has 0 aliphatic carbocycles. The molecule has 0 spiro atoms. The third-order valence-corrected chi connectivity index (χ3v) is 7.98. The average molecular weight is 530 g/mol. The van der Waals surface area contributed by atoms with Crippen LogP contribution in [0.15, 0.2) is 91.0 Å². The molecule has 7 nitrogen and oxygen atoms in total. The van der Waals surface area contributed by atoms with Crippen LogP contribution in [0.1, 0.15) is 49.8 Å². The van der Waals surface area contributed by atoms with Crippen LogP contribution < -0.4 is 0 Å². The van der Waals surface area contributed by atoms with Crippen LogP contribution in [0.2, 0.25) is 0 Å². The average Bonchev–Trinajstić information content (AvgIpc) is 2.95. The van der Waals surface area contributed by atoms with Gasteiger partial charge in [-0.3, -0.25) is 19.8 Å². The summed E-state index contributed by atoms with van der Waals surface area (Å²) in [4.78, 5) is 28.8. The molecule has 39 heavy (non-hydrogen) atoms. The summed E-state index contributed by atoms with van der Waals surface area (Å²) in [6.45, 7) is 5.86. The summed E-state index contributed by atoms with van der Waals surface area (Å²) in [5.41, 5.74) is 2.99. The Morgan fingerprint density at radius 2 is 1.28 bits per heavy atom. The van der Waals surface area contributed by atoms with Gasteiger partial charge in [0.25, 0.3) is 0 Å². The SMILES string of the molecule is CC(O)CC(C)C(CCC(=O)N1CCN(C(c2ccccc2)(c2ccccc2)c2ccccc2)CC1)[N+](=O)[O-]. The van der Waals surface area contributed by atoms with Gasteiger partial charge in [-0.2, -0.15) is 0 Å². The number of piperazine rings is 1. The number of hydrogen-bond donors (Lipinski definition) is 1. The highest BCUT2D eigenvalue weighted by atomic mass is 16.6. The van der Waals surface area contributed by atoms with Crippen molar-refractivity contribution in [2.75, 3.05) is 26.2 Å². The molecule has 0 saturated carbocycles. The van der Waals surface area contributed by atoms with Crippen molar-refractivity contribution in [3.63, 3.8) is 0 Å². The van der Waals surface area contributed by atoms with Gasteiger partial charge in [-0.05, 0) is 30.0 Å². The zero-order chi connectivity index (χ0) is 27.8. The van der Waals surface area contributed by atoms with Gasteiger partial charge < -0.3 is 10.0 Å². The Morgan fingerprint density at radius 3 is 1.67 bits per heavy atom. The number of carbonyl (C=O) groups excluding carboxylic acids is 1. The molecule has 3 unspecified atom stereocenters. The third kappa shape index (κ3) is 6.37. The maximum atomic E-state index is 13.2. The molecule has 1 heterocycles. The third-order valence-electron chi connectivity index (χ3n) is 7.98. The van der Waals surface area contributed by atoms with E-state index >= 15 is 0 Å². The van der Waals surface area contributed by atoms with Crippen molar-refractivity contribution in [3.8, 4) is 0 Å². The summed E-state index contributed by atoms with van der Waals surface area (Å²) in [6.07, 6.45) is 0.0585. The van der Waals surface area contributed by atoms with Gasteiger partial charge in [-0.1, -0.05) is 97.9 Å². The number of aliphatic hydroxyl groups is 1. The molecule has 1 amide bonds. The van der Waals surface area contributed by atoms with E-state index in [0.29, 0.717) is 32.6 Å². The van der Waals surface area contributed by atoms with Crippen LogP contribution in [0.4, 0.5) is 0 Å². The highest BCUT2D eigenvalue weighted by molar-refractivity contribution is 5.76. The highest BCUT2D eigenvalue weighted by Crippen LogP contribution is 2.42. The Labute approximate surface area is 231 Å². The molecule has 3 atom stereocenters. The second kappa shape index (κ2) is 13.0. The van der Waals surface area contributed by atoms with Crippen LogP contribution in [-0.2, 0) is 10.3 Å². The van der Waals surface area contributed by atoms with Gasteiger partial charge in [-0.15, -0.1) is 0 Å². The second-order valence-corrected chi connectivity index (χ2v) is 10.6. The number of carbonyl (C=O) groups is 1. The van der Waals surface area contributed by atoms with Gasteiger partial charge in [0, 0.05) is 49.9 Å². The molecular formula is C32H39N3O4. The molecule has 1 fully saturated rings. The van der Waals surface area contributed by atoms with E-state index in [0.717, 1.165) is 0 Å². The normalized spacial score (nSPS) is 16.8. The fourth-order valence-corrected chi connectivity index (χ4v) is 6.10. The first-order valence-corrected chi connectivity index (χ1v) is 13.8. The first kappa shape index (κ1) is 28.5. The second-order valence-electron chi connectivity index (χ2n) is 10.6. The van der Waals surface area contributed by atoms with E-state index < -0.39 is 17.7 Å². The summed E-state index contributed by atoms with van der Waals surface area (Å²) < 4.78 is 0. The van der Waals surface area contributed by atoms with Crippen LogP contribution in [-0.4, -0.2) is 64.1 Å². The summed E-state index contributed by atoms with van der Waals surface area (Å²) in [6, 6.07) is 30.7. The molecule has 3 aromatic carbocycles. The van der Waals surface area contributed by atoms with Crippen molar-refractivity contribution in [1.29, 1.82) is 0 Å². The monoisotopic (exact) mass is 529 g/mol. The smallest absolute Gasteiger partial charge is 0.222 e. The van der Waals surface area contributed by atoms with Crippen LogP contribution in [0.3, 0.4) is 0 Å². The van der Waals surface area contributed by atoms with E-state index in [1.54, 1.807) is 13.8 Å². The fourth-order valence-electron chi connectivity index (χ4n) is 6.10. The Bertz CT molecular complexity index is 1100. The summed E-state index contributed by atoms with van der Waals surface area (Å²) in [5, 5.41) is 21.3. The molecule has 1 aliphatic heterocycles. The molecule has 1 N–H and O–H groups in total. The summed E-state index contributed by atoms with van der Waals surface area (Å²) in [5.74, 6) is -0.344. The number of hydrogen-bond acceptors (Lipinski definition) is 5. The predicted molar refractivity (Wildman–Crippen MR) is 153 cm³/mol. The van der Waals surface area contributed by atoms with Gasteiger partial charge in [0.1, 0.15) is 0 Å². The van der Waals surface area contributed by atoms with Gasteiger partial charge in [-0.25, -0.2) is 0 Å². The van der Waals surface area contributed by atoms with E-state index in [9.17, 15) is 20.0 Å². The number of nitrogens with zero attached hydrogens (tertiary/aromatic N) is 3. The number of nitro groups is 1. The number of amides is 1. The van der Waals surface area contributed by atoms with E-state index in [-0.39, 0.29) is 29.6 Å². The van der Waals surface area contributed by atoms with Gasteiger partial charge in [0.05, 0.1) is 11.6 Å². The molecule has 0 radical (unpaired) electrons. The summed E-state index contributed by atoms with van der Waals surface area (Å²) in [7, 11) is 0. The number of aliphatic hydroxyl groups excluding tert-OH is 1.